The monoisotopic (exact) mass is 504 g/mol. The second kappa shape index (κ2) is 11.0. The van der Waals surface area contributed by atoms with Crippen molar-refractivity contribution in [1.29, 1.82) is 0 Å². The molecule has 0 aromatic heterocycles. The van der Waals surface area contributed by atoms with Gasteiger partial charge in [-0.25, -0.2) is 4.99 Å². The Morgan fingerprint density at radius 1 is 1.11 bits per heavy atom. The number of amides is 2. The van der Waals surface area contributed by atoms with Gasteiger partial charge in [0.05, 0.1) is 30.8 Å². The molecule has 2 aromatic carbocycles. The number of aliphatic imine (C=N–C) groups is 1. The molecular formula is C28H32N4O3S. The fourth-order valence-electron chi connectivity index (χ4n) is 4.34. The van der Waals surface area contributed by atoms with Gasteiger partial charge in [-0.3, -0.25) is 9.59 Å². The highest BCUT2D eigenvalue weighted by atomic mass is 32.2. The van der Waals surface area contributed by atoms with Crippen molar-refractivity contribution in [2.75, 3.05) is 19.0 Å². The highest BCUT2D eigenvalue weighted by Crippen LogP contribution is 2.45. The summed E-state index contributed by atoms with van der Waals surface area (Å²) in [7, 11) is 1.61. The summed E-state index contributed by atoms with van der Waals surface area (Å²) in [5, 5.41) is 8.62. The molecule has 1 atom stereocenters. The Morgan fingerprint density at radius 3 is 2.42 bits per heavy atom. The van der Waals surface area contributed by atoms with Gasteiger partial charge in [0, 0.05) is 17.9 Å². The molecule has 2 heterocycles. The van der Waals surface area contributed by atoms with Crippen LogP contribution in [-0.4, -0.2) is 35.5 Å². The summed E-state index contributed by atoms with van der Waals surface area (Å²) < 4.78 is 5.23. The second-order valence-electron chi connectivity index (χ2n) is 9.03. The van der Waals surface area contributed by atoms with Crippen LogP contribution in [0.1, 0.15) is 57.2 Å². The fraction of sp³-hybridized carbons (Fsp3) is 0.321. The molecule has 4 rings (SSSR count). The van der Waals surface area contributed by atoms with Gasteiger partial charge in [-0.2, -0.15) is 0 Å². The molecular weight excluding hydrogens is 472 g/mol. The van der Waals surface area contributed by atoms with Gasteiger partial charge in [-0.05, 0) is 60.6 Å². The number of rotatable bonds is 8. The van der Waals surface area contributed by atoms with Crippen molar-refractivity contribution in [2.24, 2.45) is 4.99 Å². The summed E-state index contributed by atoms with van der Waals surface area (Å²) in [6, 6.07) is 15.2. The average molecular weight is 505 g/mol. The van der Waals surface area contributed by atoms with Gasteiger partial charge in [0.2, 0.25) is 5.91 Å². The molecule has 188 valence electrons. The molecule has 0 unspecified atom stereocenters. The van der Waals surface area contributed by atoms with E-state index in [0.717, 1.165) is 16.4 Å². The van der Waals surface area contributed by atoms with Gasteiger partial charge in [-0.1, -0.05) is 49.9 Å². The number of hydrogen-bond acceptors (Lipinski definition) is 6. The summed E-state index contributed by atoms with van der Waals surface area (Å²) in [6.45, 7) is 8.64. The topological polar surface area (TPSA) is 83.0 Å². The number of hydrogen-bond donors (Lipinski definition) is 2. The number of carbonyl (C=O) groups is 2. The van der Waals surface area contributed by atoms with Crippen LogP contribution in [-0.2, 0) is 9.59 Å². The standard InChI is InChI=1S/C28H32N4O3S/c1-6-29-24(33)15-22-16-36-28-30-18(4)25(27(34)31-21-11-13-23(35-5)14-12-21)26(32(22)28)20-9-7-19(8-10-20)17(2)3/h7-14,16-17,26H,6,15H2,1-5H3,(H,29,33)(H,31,34)/t26-/m1/s1. The molecule has 0 fully saturated rings. The van der Waals surface area contributed by atoms with Crippen LogP contribution in [0.15, 0.2) is 75.9 Å². The van der Waals surface area contributed by atoms with Crippen molar-refractivity contribution in [2.45, 2.75) is 46.1 Å². The van der Waals surface area contributed by atoms with Crippen molar-refractivity contribution in [3.8, 4) is 5.75 Å². The molecule has 0 saturated heterocycles. The number of anilines is 1. The smallest absolute Gasteiger partial charge is 0.255 e. The maximum absolute atomic E-state index is 13.7. The molecule has 8 heteroatoms. The lowest BCUT2D eigenvalue weighted by atomic mass is 9.91. The van der Waals surface area contributed by atoms with E-state index in [1.165, 1.54) is 17.3 Å². The molecule has 2 N–H and O–H groups in total. The maximum Gasteiger partial charge on any atom is 0.255 e. The number of methoxy groups -OCH3 is 1. The quantitative estimate of drug-likeness (QED) is 0.492. The van der Waals surface area contributed by atoms with Crippen molar-refractivity contribution in [1.82, 2.24) is 10.2 Å². The minimum absolute atomic E-state index is 0.0602. The van der Waals surface area contributed by atoms with Crippen LogP contribution >= 0.6 is 11.8 Å². The Hall–Kier alpha value is -3.52. The van der Waals surface area contributed by atoms with Crippen LogP contribution in [0, 0.1) is 0 Å². The van der Waals surface area contributed by atoms with Crippen molar-refractivity contribution >= 4 is 34.4 Å². The minimum Gasteiger partial charge on any atom is -0.497 e. The SMILES string of the molecule is CCNC(=O)CC1=CSC2=NC(C)=C(C(=O)Nc3ccc(OC)cc3)[C@@H](c3ccc(C(C)C)cc3)N12. The van der Waals surface area contributed by atoms with E-state index < -0.39 is 6.04 Å². The maximum atomic E-state index is 13.7. The number of amidine groups is 1. The number of nitrogens with one attached hydrogen (secondary N) is 2. The summed E-state index contributed by atoms with van der Waals surface area (Å²) in [5.41, 5.74) is 4.89. The first-order valence-electron chi connectivity index (χ1n) is 12.1. The summed E-state index contributed by atoms with van der Waals surface area (Å²) in [5.74, 6) is 0.823. The highest BCUT2D eigenvalue weighted by molar-refractivity contribution is 8.16. The number of allylic oxidation sites excluding steroid dienone is 1. The lowest BCUT2D eigenvalue weighted by Crippen LogP contribution is -2.38. The third-order valence-corrected chi connectivity index (χ3v) is 7.12. The first-order valence-corrected chi connectivity index (χ1v) is 13.0. The number of nitrogens with zero attached hydrogens (tertiary/aromatic N) is 2. The third kappa shape index (κ3) is 5.33. The predicted molar refractivity (Wildman–Crippen MR) is 146 cm³/mol. The molecule has 2 aliphatic heterocycles. The second-order valence-corrected chi connectivity index (χ2v) is 9.86. The van der Waals surface area contributed by atoms with E-state index in [1.54, 1.807) is 19.2 Å². The summed E-state index contributed by atoms with van der Waals surface area (Å²) in [6.07, 6.45) is 0.215. The normalized spacial score (nSPS) is 16.9. The number of thioether (sulfide) groups is 1. The van der Waals surface area contributed by atoms with E-state index in [9.17, 15) is 9.59 Å². The Balaban J connectivity index is 1.73. The van der Waals surface area contributed by atoms with Crippen LogP contribution in [0.25, 0.3) is 0 Å². The first kappa shape index (κ1) is 25.6. The Kier molecular flexibility index (Phi) is 7.84. The van der Waals surface area contributed by atoms with Crippen LogP contribution < -0.4 is 15.4 Å². The molecule has 0 radical (unpaired) electrons. The molecule has 2 aromatic rings. The zero-order valence-electron chi connectivity index (χ0n) is 21.3. The highest BCUT2D eigenvalue weighted by Gasteiger charge is 2.40. The average Bonchev–Trinajstić information content (AvgIpc) is 3.25. The molecule has 36 heavy (non-hydrogen) atoms. The molecule has 7 nitrogen and oxygen atoms in total. The lowest BCUT2D eigenvalue weighted by molar-refractivity contribution is -0.120. The van der Waals surface area contributed by atoms with E-state index in [4.69, 9.17) is 9.73 Å². The number of carbonyl (C=O) groups excluding carboxylic acids is 2. The van der Waals surface area contributed by atoms with Gasteiger partial charge < -0.3 is 20.3 Å². The zero-order valence-corrected chi connectivity index (χ0v) is 22.1. The Morgan fingerprint density at radius 2 is 1.81 bits per heavy atom. The van der Waals surface area contributed by atoms with E-state index in [-0.39, 0.29) is 18.2 Å². The summed E-state index contributed by atoms with van der Waals surface area (Å²) in [4.78, 5) is 33.0. The zero-order chi connectivity index (χ0) is 25.8. The van der Waals surface area contributed by atoms with Crippen LogP contribution in [0.2, 0.25) is 0 Å². The van der Waals surface area contributed by atoms with E-state index >= 15 is 0 Å². The number of benzene rings is 2. The third-order valence-electron chi connectivity index (χ3n) is 6.23. The number of fused-ring (bicyclic) bond motifs is 1. The lowest BCUT2D eigenvalue weighted by Gasteiger charge is -2.36. The van der Waals surface area contributed by atoms with Gasteiger partial charge in [-0.15, -0.1) is 0 Å². The molecule has 2 amide bonds. The van der Waals surface area contributed by atoms with Crippen LogP contribution in [0.5, 0.6) is 5.75 Å². The first-order chi connectivity index (χ1) is 17.3. The van der Waals surface area contributed by atoms with Crippen molar-refractivity contribution < 1.29 is 14.3 Å². The van der Waals surface area contributed by atoms with Crippen molar-refractivity contribution in [3.05, 3.63) is 82.0 Å². The van der Waals surface area contributed by atoms with Crippen LogP contribution in [0.3, 0.4) is 0 Å². The largest absolute Gasteiger partial charge is 0.497 e. The van der Waals surface area contributed by atoms with Crippen LogP contribution in [0.4, 0.5) is 5.69 Å². The van der Waals surface area contributed by atoms with Gasteiger partial charge in [0.15, 0.2) is 5.17 Å². The molecule has 0 bridgehead atoms. The van der Waals surface area contributed by atoms with Gasteiger partial charge in [0.1, 0.15) is 5.75 Å². The van der Waals surface area contributed by atoms with E-state index in [0.29, 0.717) is 35.2 Å². The number of ether oxygens (including phenoxy) is 1. The molecule has 2 aliphatic rings. The molecule has 0 spiro atoms. The Bertz CT molecular complexity index is 1230. The van der Waals surface area contributed by atoms with Gasteiger partial charge >= 0.3 is 0 Å². The van der Waals surface area contributed by atoms with E-state index in [1.807, 2.05) is 36.3 Å². The fourth-order valence-corrected chi connectivity index (χ4v) is 5.30. The van der Waals surface area contributed by atoms with Crippen molar-refractivity contribution in [3.63, 3.8) is 0 Å². The predicted octanol–water partition coefficient (Wildman–Crippen LogP) is 5.56. The molecule has 0 saturated carbocycles. The minimum atomic E-state index is -0.410. The van der Waals surface area contributed by atoms with Gasteiger partial charge in [0.25, 0.3) is 5.91 Å². The Labute approximate surface area is 216 Å². The summed E-state index contributed by atoms with van der Waals surface area (Å²) >= 11 is 1.48. The molecule has 0 aliphatic carbocycles. The van der Waals surface area contributed by atoms with E-state index in [2.05, 4.69) is 48.7 Å².